The molecule has 0 saturated carbocycles. The lowest BCUT2D eigenvalue weighted by molar-refractivity contribution is 0.548. The summed E-state index contributed by atoms with van der Waals surface area (Å²) in [6.45, 7) is 2.94. The Labute approximate surface area is 106 Å². The van der Waals surface area contributed by atoms with Gasteiger partial charge >= 0.3 is 0 Å². The number of aromatic nitrogens is 2. The second-order valence-corrected chi connectivity index (χ2v) is 4.54. The zero-order valence-corrected chi connectivity index (χ0v) is 10.8. The van der Waals surface area contributed by atoms with Gasteiger partial charge in [-0.05, 0) is 30.7 Å². The highest BCUT2D eigenvalue weighted by Gasteiger charge is 2.05. The van der Waals surface area contributed by atoms with Gasteiger partial charge in [0.2, 0.25) is 0 Å². The molecule has 1 heterocycles. The highest BCUT2D eigenvalue weighted by molar-refractivity contribution is 6.30. The molecule has 0 aliphatic carbocycles. The summed E-state index contributed by atoms with van der Waals surface area (Å²) in [4.78, 5) is 0. The second-order valence-electron chi connectivity index (χ2n) is 4.10. The first-order chi connectivity index (χ1) is 8.16. The van der Waals surface area contributed by atoms with Gasteiger partial charge < -0.3 is 5.32 Å². The van der Waals surface area contributed by atoms with E-state index in [0.717, 1.165) is 11.6 Å². The van der Waals surface area contributed by atoms with Crippen molar-refractivity contribution >= 4 is 11.6 Å². The van der Waals surface area contributed by atoms with Crippen LogP contribution in [0.25, 0.3) is 0 Å². The minimum atomic E-state index is 0.294. The van der Waals surface area contributed by atoms with E-state index < -0.39 is 0 Å². The minimum absolute atomic E-state index is 0.294. The molecule has 4 heteroatoms. The predicted octanol–water partition coefficient (Wildman–Crippen LogP) is 2.92. The van der Waals surface area contributed by atoms with Crippen molar-refractivity contribution < 1.29 is 0 Å². The number of hydrogen-bond acceptors (Lipinski definition) is 2. The smallest absolute Gasteiger partial charge is 0.0518 e. The van der Waals surface area contributed by atoms with E-state index >= 15 is 0 Å². The molecule has 0 spiro atoms. The number of nitrogens with zero attached hydrogens (tertiary/aromatic N) is 2. The first kappa shape index (κ1) is 12.1. The van der Waals surface area contributed by atoms with E-state index in [1.54, 1.807) is 0 Å². The van der Waals surface area contributed by atoms with Crippen molar-refractivity contribution in [3.8, 4) is 0 Å². The number of nitrogens with one attached hydrogen (secondary N) is 1. The van der Waals surface area contributed by atoms with Gasteiger partial charge in [0.25, 0.3) is 0 Å². The minimum Gasteiger partial charge on any atom is -0.305 e. The fourth-order valence-corrected chi connectivity index (χ4v) is 1.83. The summed E-state index contributed by atoms with van der Waals surface area (Å²) in [6, 6.07) is 10.2. The van der Waals surface area contributed by atoms with Gasteiger partial charge in [0.15, 0.2) is 0 Å². The summed E-state index contributed by atoms with van der Waals surface area (Å²) in [6.07, 6.45) is 1.81. The number of aryl methyl sites for hydroxylation is 1. The van der Waals surface area contributed by atoms with Gasteiger partial charge in [-0.15, -0.1) is 0 Å². The van der Waals surface area contributed by atoms with Crippen LogP contribution < -0.4 is 5.32 Å². The maximum atomic E-state index is 5.86. The van der Waals surface area contributed by atoms with E-state index in [1.807, 2.05) is 48.3 Å². The first-order valence-electron chi connectivity index (χ1n) is 5.62. The molecule has 17 heavy (non-hydrogen) atoms. The molecule has 0 aliphatic rings. The van der Waals surface area contributed by atoms with Gasteiger partial charge in [0.1, 0.15) is 0 Å². The molecule has 0 saturated heterocycles. The Kier molecular flexibility index (Phi) is 3.82. The molecule has 3 nitrogen and oxygen atoms in total. The monoisotopic (exact) mass is 249 g/mol. The number of halogens is 1. The Hall–Kier alpha value is -1.32. The molecule has 0 radical (unpaired) electrons. The van der Waals surface area contributed by atoms with Crippen LogP contribution in [0.15, 0.2) is 36.5 Å². The fraction of sp³-hybridized carbons (Fsp3) is 0.308. The quantitative estimate of drug-likeness (QED) is 0.903. The zero-order chi connectivity index (χ0) is 12.3. The van der Waals surface area contributed by atoms with Gasteiger partial charge in [-0.2, -0.15) is 5.10 Å². The third-order valence-corrected chi connectivity index (χ3v) is 3.13. The SMILES string of the molecule is CC(NCc1ccnn1C)c1ccc(Cl)cc1. The number of benzene rings is 1. The molecule has 0 bridgehead atoms. The molecule has 90 valence electrons. The molecule has 1 aromatic carbocycles. The molecule has 1 aromatic heterocycles. The van der Waals surface area contributed by atoms with Gasteiger partial charge in [-0.3, -0.25) is 4.68 Å². The summed E-state index contributed by atoms with van der Waals surface area (Å²) in [5.74, 6) is 0. The summed E-state index contributed by atoms with van der Waals surface area (Å²) >= 11 is 5.86. The van der Waals surface area contributed by atoms with Gasteiger partial charge in [0.05, 0.1) is 5.69 Å². The van der Waals surface area contributed by atoms with E-state index in [0.29, 0.717) is 6.04 Å². The van der Waals surface area contributed by atoms with Crippen LogP contribution >= 0.6 is 11.6 Å². The average Bonchev–Trinajstić information content (AvgIpc) is 2.73. The van der Waals surface area contributed by atoms with Crippen LogP contribution in [0.3, 0.4) is 0 Å². The van der Waals surface area contributed by atoms with E-state index in [1.165, 1.54) is 11.3 Å². The maximum absolute atomic E-state index is 5.86. The largest absolute Gasteiger partial charge is 0.305 e. The van der Waals surface area contributed by atoms with Crippen molar-refractivity contribution in [1.29, 1.82) is 0 Å². The molecule has 0 amide bonds. The van der Waals surface area contributed by atoms with Crippen LogP contribution in [0.5, 0.6) is 0 Å². The van der Waals surface area contributed by atoms with Crippen molar-refractivity contribution in [3.05, 3.63) is 52.8 Å². The van der Waals surface area contributed by atoms with Crippen molar-refractivity contribution in [3.63, 3.8) is 0 Å². The summed E-state index contributed by atoms with van der Waals surface area (Å²) in [5.41, 5.74) is 2.40. The summed E-state index contributed by atoms with van der Waals surface area (Å²) in [7, 11) is 1.95. The highest BCUT2D eigenvalue weighted by Crippen LogP contribution is 2.16. The molecule has 1 atom stereocenters. The third kappa shape index (κ3) is 3.08. The van der Waals surface area contributed by atoms with E-state index in [4.69, 9.17) is 11.6 Å². The van der Waals surface area contributed by atoms with E-state index in [-0.39, 0.29) is 0 Å². The third-order valence-electron chi connectivity index (χ3n) is 2.88. The van der Waals surface area contributed by atoms with E-state index in [2.05, 4.69) is 17.3 Å². The molecular formula is C13H16ClN3. The van der Waals surface area contributed by atoms with E-state index in [9.17, 15) is 0 Å². The summed E-state index contributed by atoms with van der Waals surface area (Å²) in [5, 5.41) is 8.37. The Morgan fingerprint density at radius 1 is 1.29 bits per heavy atom. The van der Waals surface area contributed by atoms with Crippen molar-refractivity contribution in [2.45, 2.75) is 19.5 Å². The maximum Gasteiger partial charge on any atom is 0.0518 e. The first-order valence-corrected chi connectivity index (χ1v) is 6.00. The topological polar surface area (TPSA) is 29.9 Å². The van der Waals surface area contributed by atoms with Crippen LogP contribution in [0.4, 0.5) is 0 Å². The average molecular weight is 250 g/mol. The van der Waals surface area contributed by atoms with Crippen LogP contribution in [-0.2, 0) is 13.6 Å². The molecule has 1 N–H and O–H groups in total. The fourth-order valence-electron chi connectivity index (χ4n) is 1.70. The molecular weight excluding hydrogens is 234 g/mol. The number of rotatable bonds is 4. The second kappa shape index (κ2) is 5.34. The van der Waals surface area contributed by atoms with Crippen molar-refractivity contribution in [2.75, 3.05) is 0 Å². The van der Waals surface area contributed by atoms with Crippen molar-refractivity contribution in [1.82, 2.24) is 15.1 Å². The predicted molar refractivity (Wildman–Crippen MR) is 69.9 cm³/mol. The Morgan fingerprint density at radius 3 is 2.59 bits per heavy atom. The van der Waals surface area contributed by atoms with Gasteiger partial charge in [0, 0.05) is 30.9 Å². The lowest BCUT2D eigenvalue weighted by atomic mass is 10.1. The van der Waals surface area contributed by atoms with Crippen molar-refractivity contribution in [2.24, 2.45) is 7.05 Å². The molecule has 2 aromatic rings. The number of hydrogen-bond donors (Lipinski definition) is 1. The molecule has 0 aliphatic heterocycles. The van der Waals surface area contributed by atoms with Gasteiger partial charge in [-0.1, -0.05) is 23.7 Å². The van der Waals surface area contributed by atoms with Gasteiger partial charge in [-0.25, -0.2) is 0 Å². The zero-order valence-electron chi connectivity index (χ0n) is 10.0. The van der Waals surface area contributed by atoms with Crippen LogP contribution in [-0.4, -0.2) is 9.78 Å². The van der Waals surface area contributed by atoms with Crippen LogP contribution in [0.2, 0.25) is 5.02 Å². The highest BCUT2D eigenvalue weighted by atomic mass is 35.5. The Bertz CT molecular complexity index is 476. The molecule has 2 rings (SSSR count). The normalized spacial score (nSPS) is 12.6. The van der Waals surface area contributed by atoms with Crippen LogP contribution in [0, 0.1) is 0 Å². The lowest BCUT2D eigenvalue weighted by Gasteiger charge is -2.14. The lowest BCUT2D eigenvalue weighted by Crippen LogP contribution is -2.19. The summed E-state index contributed by atoms with van der Waals surface area (Å²) < 4.78 is 1.88. The Morgan fingerprint density at radius 2 is 2.00 bits per heavy atom. The molecule has 1 unspecified atom stereocenters. The Balaban J connectivity index is 1.95. The van der Waals surface area contributed by atoms with Crippen LogP contribution in [0.1, 0.15) is 24.2 Å². The molecule has 0 fully saturated rings. The standard InChI is InChI=1S/C13H16ClN3/c1-10(11-3-5-12(14)6-4-11)15-9-13-7-8-16-17(13)2/h3-8,10,15H,9H2,1-2H3.